The first-order chi connectivity index (χ1) is 4.76. The maximum atomic E-state index is 10.7. The number of carbonyl (C=O) groups excluding carboxylic acids is 1. The quantitative estimate of drug-likeness (QED) is 0.407. The molecular weight excluding hydrogens is 134 g/mol. The molecule has 0 unspecified atom stereocenters. The minimum atomic E-state index is -0.459. The summed E-state index contributed by atoms with van der Waals surface area (Å²) in [7, 11) is 0. The van der Waals surface area contributed by atoms with E-state index >= 15 is 0 Å². The highest BCUT2D eigenvalue weighted by Crippen LogP contribution is 1.86. The summed E-state index contributed by atoms with van der Waals surface area (Å²) in [5, 5.41) is 16.9. The molecule has 2 N–H and O–H groups in total. The molecule has 0 atom stereocenters. The monoisotopic (exact) mass is 145 g/mol. The van der Waals surface area contributed by atoms with Crippen LogP contribution in [0, 0.1) is 0 Å². The molecule has 0 aromatic heterocycles. The second-order valence-corrected chi connectivity index (χ2v) is 1.66. The largest absolute Gasteiger partial charge is 0.376 e. The van der Waals surface area contributed by atoms with Gasteiger partial charge in [0.1, 0.15) is 13.5 Å². The number of amides is 1. The number of hydrogen-bond acceptors (Lipinski definition) is 3. The Labute approximate surface area is 59.4 Å². The Morgan fingerprint density at radius 1 is 1.50 bits per heavy atom. The van der Waals surface area contributed by atoms with E-state index in [4.69, 9.17) is 10.2 Å². The standard InChI is InChI=1S/C6H11NO3/c1-2-3-6(10)7(4-8)5-9/h2-3,8-9H,4-5H2,1H3/b3-2+. The average molecular weight is 145 g/mol. The van der Waals surface area contributed by atoms with E-state index in [2.05, 4.69) is 0 Å². The predicted molar refractivity (Wildman–Crippen MR) is 35.8 cm³/mol. The Morgan fingerprint density at radius 2 is 2.00 bits per heavy atom. The molecule has 4 nitrogen and oxygen atoms in total. The van der Waals surface area contributed by atoms with E-state index in [0.717, 1.165) is 4.90 Å². The maximum absolute atomic E-state index is 10.7. The number of nitrogens with zero attached hydrogens (tertiary/aromatic N) is 1. The number of carbonyl (C=O) groups is 1. The number of hydrogen-bond donors (Lipinski definition) is 2. The molecule has 0 aliphatic heterocycles. The van der Waals surface area contributed by atoms with Gasteiger partial charge < -0.3 is 10.2 Å². The number of rotatable bonds is 3. The number of aliphatic hydroxyl groups excluding tert-OH is 2. The van der Waals surface area contributed by atoms with Crippen molar-refractivity contribution in [2.75, 3.05) is 13.5 Å². The first kappa shape index (κ1) is 9.13. The third-order valence-electron chi connectivity index (χ3n) is 0.962. The fraction of sp³-hybridized carbons (Fsp3) is 0.500. The van der Waals surface area contributed by atoms with Crippen LogP contribution in [-0.2, 0) is 4.79 Å². The van der Waals surface area contributed by atoms with Gasteiger partial charge in [0.15, 0.2) is 0 Å². The van der Waals surface area contributed by atoms with E-state index in [1.54, 1.807) is 13.0 Å². The molecule has 0 spiro atoms. The molecule has 0 saturated heterocycles. The fourth-order valence-electron chi connectivity index (χ4n) is 0.432. The van der Waals surface area contributed by atoms with Gasteiger partial charge in [0, 0.05) is 0 Å². The zero-order valence-electron chi connectivity index (χ0n) is 5.82. The van der Waals surface area contributed by atoms with E-state index < -0.39 is 19.4 Å². The zero-order chi connectivity index (χ0) is 7.98. The van der Waals surface area contributed by atoms with Gasteiger partial charge in [0.2, 0.25) is 5.91 Å². The molecule has 0 aromatic rings. The first-order valence-corrected chi connectivity index (χ1v) is 2.89. The minimum absolute atomic E-state index is 0.396. The van der Waals surface area contributed by atoms with Gasteiger partial charge in [-0.05, 0) is 13.0 Å². The lowest BCUT2D eigenvalue weighted by atomic mass is 10.5. The highest BCUT2D eigenvalue weighted by molar-refractivity contribution is 5.87. The topological polar surface area (TPSA) is 60.8 Å². The van der Waals surface area contributed by atoms with Gasteiger partial charge in [-0.2, -0.15) is 0 Å². The van der Waals surface area contributed by atoms with Crippen LogP contribution >= 0.6 is 0 Å². The van der Waals surface area contributed by atoms with Crippen LogP contribution in [0.25, 0.3) is 0 Å². The van der Waals surface area contributed by atoms with Crippen LogP contribution < -0.4 is 0 Å². The lowest BCUT2D eigenvalue weighted by Crippen LogP contribution is -2.31. The molecule has 0 aromatic carbocycles. The van der Waals surface area contributed by atoms with Crippen molar-refractivity contribution < 1.29 is 15.0 Å². The van der Waals surface area contributed by atoms with E-state index in [1.807, 2.05) is 0 Å². The summed E-state index contributed by atoms with van der Waals surface area (Å²) in [6.07, 6.45) is 2.81. The van der Waals surface area contributed by atoms with Gasteiger partial charge in [-0.25, -0.2) is 0 Å². The summed E-state index contributed by atoms with van der Waals surface area (Å²) in [6, 6.07) is 0. The second kappa shape index (κ2) is 4.96. The smallest absolute Gasteiger partial charge is 0.249 e. The van der Waals surface area contributed by atoms with Gasteiger partial charge in [-0.15, -0.1) is 0 Å². The zero-order valence-corrected chi connectivity index (χ0v) is 5.82. The fourth-order valence-corrected chi connectivity index (χ4v) is 0.432. The first-order valence-electron chi connectivity index (χ1n) is 2.89. The Hall–Kier alpha value is -0.870. The van der Waals surface area contributed by atoms with Crippen molar-refractivity contribution in [3.05, 3.63) is 12.2 Å². The molecule has 58 valence electrons. The van der Waals surface area contributed by atoms with Crippen molar-refractivity contribution in [3.63, 3.8) is 0 Å². The summed E-state index contributed by atoms with van der Waals surface area (Å²) in [4.78, 5) is 11.6. The van der Waals surface area contributed by atoms with Crippen LogP contribution in [0.5, 0.6) is 0 Å². The molecular formula is C6H11NO3. The third-order valence-corrected chi connectivity index (χ3v) is 0.962. The number of aliphatic hydroxyl groups is 2. The van der Waals surface area contributed by atoms with Crippen molar-refractivity contribution in [1.82, 2.24) is 4.90 Å². The van der Waals surface area contributed by atoms with Crippen LogP contribution in [0.4, 0.5) is 0 Å². The van der Waals surface area contributed by atoms with E-state index in [1.165, 1.54) is 6.08 Å². The summed E-state index contributed by atoms with van der Waals surface area (Å²) < 4.78 is 0. The van der Waals surface area contributed by atoms with Crippen LogP contribution in [-0.4, -0.2) is 34.5 Å². The van der Waals surface area contributed by atoms with Gasteiger partial charge in [0.25, 0.3) is 0 Å². The Balaban J connectivity index is 3.89. The van der Waals surface area contributed by atoms with Crippen LogP contribution in [0.15, 0.2) is 12.2 Å². The van der Waals surface area contributed by atoms with Gasteiger partial charge in [-0.1, -0.05) is 6.08 Å². The highest BCUT2D eigenvalue weighted by Gasteiger charge is 2.04. The second-order valence-electron chi connectivity index (χ2n) is 1.66. The molecule has 0 bridgehead atoms. The summed E-state index contributed by atoms with van der Waals surface area (Å²) in [5.74, 6) is -0.396. The normalized spacial score (nSPS) is 10.3. The van der Waals surface area contributed by atoms with E-state index in [-0.39, 0.29) is 0 Å². The molecule has 4 heteroatoms. The molecule has 0 radical (unpaired) electrons. The lowest BCUT2D eigenvalue weighted by molar-refractivity contribution is -0.134. The number of allylic oxidation sites excluding steroid dienone is 1. The van der Waals surface area contributed by atoms with Crippen molar-refractivity contribution in [2.45, 2.75) is 6.92 Å². The molecule has 0 aliphatic rings. The maximum Gasteiger partial charge on any atom is 0.249 e. The Kier molecular flexibility index (Phi) is 4.53. The van der Waals surface area contributed by atoms with E-state index in [0.29, 0.717) is 0 Å². The van der Waals surface area contributed by atoms with Crippen molar-refractivity contribution >= 4 is 5.91 Å². The average Bonchev–Trinajstić information content (AvgIpc) is 1.91. The SMILES string of the molecule is C/C=C/C(=O)N(CO)CO. The Morgan fingerprint density at radius 3 is 2.30 bits per heavy atom. The van der Waals surface area contributed by atoms with Gasteiger partial charge in [-0.3, -0.25) is 9.69 Å². The summed E-state index contributed by atoms with van der Waals surface area (Å²) >= 11 is 0. The summed E-state index contributed by atoms with van der Waals surface area (Å²) in [5.41, 5.74) is 0. The highest BCUT2D eigenvalue weighted by atomic mass is 16.3. The molecule has 0 saturated carbocycles. The van der Waals surface area contributed by atoms with Crippen LogP contribution in [0.3, 0.4) is 0 Å². The predicted octanol–water partition coefficient (Wildman–Crippen LogP) is -0.709. The van der Waals surface area contributed by atoms with Crippen molar-refractivity contribution in [3.8, 4) is 0 Å². The molecule has 10 heavy (non-hydrogen) atoms. The Bertz CT molecular complexity index is 129. The molecule has 0 rings (SSSR count). The lowest BCUT2D eigenvalue weighted by Gasteiger charge is -2.13. The van der Waals surface area contributed by atoms with Crippen molar-refractivity contribution in [2.24, 2.45) is 0 Å². The van der Waals surface area contributed by atoms with Crippen LogP contribution in [0.1, 0.15) is 6.92 Å². The summed E-state index contributed by atoms with van der Waals surface area (Å²) in [6.45, 7) is 0.768. The van der Waals surface area contributed by atoms with Crippen molar-refractivity contribution in [1.29, 1.82) is 0 Å². The molecule has 0 aliphatic carbocycles. The minimum Gasteiger partial charge on any atom is -0.376 e. The van der Waals surface area contributed by atoms with E-state index in [9.17, 15) is 4.79 Å². The van der Waals surface area contributed by atoms with Gasteiger partial charge >= 0.3 is 0 Å². The molecule has 0 fully saturated rings. The third kappa shape index (κ3) is 2.61. The molecule has 0 heterocycles. The van der Waals surface area contributed by atoms with Gasteiger partial charge in [0.05, 0.1) is 0 Å². The van der Waals surface area contributed by atoms with Crippen LogP contribution in [0.2, 0.25) is 0 Å². The molecule has 1 amide bonds.